The molecule has 3 atom stereocenters. The van der Waals surface area contributed by atoms with Crippen LogP contribution in [0.4, 0.5) is 0 Å². The molecule has 1 saturated heterocycles. The summed E-state index contributed by atoms with van der Waals surface area (Å²) in [5.41, 5.74) is 4.72. The summed E-state index contributed by atoms with van der Waals surface area (Å²) in [6.07, 6.45) is 2.27. The maximum Gasteiger partial charge on any atom is 0.192 e. The number of aldehydes is 1. The fourth-order valence-electron chi connectivity index (χ4n) is 5.63. The summed E-state index contributed by atoms with van der Waals surface area (Å²) in [6.45, 7) is 12.9. The quantitative estimate of drug-likeness (QED) is 0.145. The first-order chi connectivity index (χ1) is 20.1. The maximum atomic E-state index is 13.8. The summed E-state index contributed by atoms with van der Waals surface area (Å²) >= 11 is 0. The molecule has 42 heavy (non-hydrogen) atoms. The number of furan rings is 1. The Morgan fingerprint density at radius 1 is 1.07 bits per heavy atom. The molecule has 5 rings (SSSR count). The van der Waals surface area contributed by atoms with Gasteiger partial charge in [0.2, 0.25) is 0 Å². The van der Waals surface area contributed by atoms with Gasteiger partial charge in [-0.25, -0.2) is 0 Å². The number of Topliss-reactive ketones (excluding diaryl/α,β-unsaturated/α-hetero) is 1. The van der Waals surface area contributed by atoms with Gasteiger partial charge in [-0.2, -0.15) is 0 Å². The zero-order chi connectivity index (χ0) is 29.9. The van der Waals surface area contributed by atoms with Crippen LogP contribution >= 0.6 is 0 Å². The average molecular weight is 586 g/mol. The molecule has 2 heterocycles. The van der Waals surface area contributed by atoms with Crippen LogP contribution in [0.25, 0.3) is 21.9 Å². The monoisotopic (exact) mass is 585 g/mol. The van der Waals surface area contributed by atoms with E-state index in [1.165, 1.54) is 5.56 Å². The number of hydrogen-bond donors (Lipinski definition) is 1. The number of ketones is 1. The van der Waals surface area contributed by atoms with Crippen molar-refractivity contribution in [3.05, 3.63) is 83.4 Å². The van der Waals surface area contributed by atoms with Crippen molar-refractivity contribution in [1.29, 1.82) is 0 Å². The van der Waals surface area contributed by atoms with Gasteiger partial charge in [0, 0.05) is 36.1 Å². The lowest BCUT2D eigenvalue weighted by Gasteiger charge is -2.39. The molecule has 3 aromatic carbocycles. The molecule has 1 aliphatic heterocycles. The van der Waals surface area contributed by atoms with E-state index in [4.69, 9.17) is 13.6 Å². The van der Waals surface area contributed by atoms with Gasteiger partial charge in [-0.15, -0.1) is 0 Å². The Morgan fingerprint density at radius 3 is 2.55 bits per heavy atom. The third kappa shape index (κ3) is 6.44. The smallest absolute Gasteiger partial charge is 0.192 e. The minimum absolute atomic E-state index is 0.0535. The molecule has 3 unspecified atom stereocenters. The van der Waals surface area contributed by atoms with E-state index in [9.17, 15) is 9.59 Å². The zero-order valence-electron chi connectivity index (χ0n) is 25.4. The topological polar surface area (TPSA) is 77.8 Å². The van der Waals surface area contributed by atoms with Gasteiger partial charge in [0.15, 0.2) is 14.1 Å². The molecular weight excluding hydrogens is 542 g/mol. The van der Waals surface area contributed by atoms with Crippen LogP contribution in [0.3, 0.4) is 0 Å². The van der Waals surface area contributed by atoms with Crippen molar-refractivity contribution in [3.63, 3.8) is 0 Å². The number of ether oxygens (including phenoxy) is 1. The molecule has 222 valence electrons. The van der Waals surface area contributed by atoms with E-state index >= 15 is 0 Å². The molecule has 4 aromatic rings. The van der Waals surface area contributed by atoms with Gasteiger partial charge in [-0.1, -0.05) is 69.3 Å². The first-order valence-corrected chi connectivity index (χ1v) is 17.9. The fraction of sp³-hybridized carbons (Fsp3) is 0.429. The normalized spacial score (nSPS) is 17.8. The van der Waals surface area contributed by atoms with Crippen LogP contribution in [0.1, 0.15) is 62.3 Å². The van der Waals surface area contributed by atoms with E-state index in [0.29, 0.717) is 32.6 Å². The van der Waals surface area contributed by atoms with Crippen molar-refractivity contribution >= 4 is 42.3 Å². The molecule has 0 amide bonds. The number of nitrogens with one attached hydrogen (secondary N) is 1. The predicted molar refractivity (Wildman–Crippen MR) is 171 cm³/mol. The highest BCUT2D eigenvalue weighted by Gasteiger charge is 2.39. The van der Waals surface area contributed by atoms with Crippen molar-refractivity contribution < 1.29 is 23.2 Å². The Labute approximate surface area is 249 Å². The first-order valence-electron chi connectivity index (χ1n) is 15.0. The van der Waals surface area contributed by atoms with Crippen molar-refractivity contribution in [3.8, 4) is 0 Å². The van der Waals surface area contributed by atoms with E-state index < -0.39 is 20.3 Å². The van der Waals surface area contributed by atoms with Gasteiger partial charge in [-0.3, -0.25) is 4.79 Å². The van der Waals surface area contributed by atoms with Crippen molar-refractivity contribution in [2.45, 2.75) is 76.2 Å². The number of carbonyl (C=O) groups is 2. The van der Waals surface area contributed by atoms with Gasteiger partial charge >= 0.3 is 0 Å². The number of hydrogen-bond acceptors (Lipinski definition) is 6. The highest BCUT2D eigenvalue weighted by atomic mass is 28.4. The second kappa shape index (κ2) is 12.6. The molecule has 0 bridgehead atoms. The van der Waals surface area contributed by atoms with Crippen LogP contribution in [0, 0.1) is 0 Å². The molecule has 0 radical (unpaired) electrons. The molecule has 1 aromatic heterocycles. The standard InChI is InChI=1S/C35H43NO5Si/c1-35(2,3)42(4,5)41-32(21-24-11-7-6-8-12-24)25-16-17-30-28(22-25)33-26(13-9-15-31(33)40-30)27(14-10-19-37)34(38)29-23-39-20-18-36-29/h6-9,11-13,15-17,19,22,27,29,32,36H,10,14,18,20-21,23H2,1-5H3. The van der Waals surface area contributed by atoms with E-state index in [1.54, 1.807) is 0 Å². The highest BCUT2D eigenvalue weighted by Crippen LogP contribution is 2.42. The Kier molecular flexibility index (Phi) is 9.13. The second-order valence-electron chi connectivity index (χ2n) is 12.9. The zero-order valence-corrected chi connectivity index (χ0v) is 26.4. The third-order valence-corrected chi connectivity index (χ3v) is 13.5. The van der Waals surface area contributed by atoms with Crippen molar-refractivity contribution in [1.82, 2.24) is 5.32 Å². The van der Waals surface area contributed by atoms with E-state index in [2.05, 4.69) is 75.6 Å². The van der Waals surface area contributed by atoms with E-state index in [1.807, 2.05) is 30.3 Å². The van der Waals surface area contributed by atoms with Crippen LogP contribution in [0.5, 0.6) is 0 Å². The Hall–Kier alpha value is -3.10. The lowest BCUT2D eigenvalue weighted by molar-refractivity contribution is -0.125. The van der Waals surface area contributed by atoms with Crippen molar-refractivity contribution in [2.75, 3.05) is 19.8 Å². The fourth-order valence-corrected chi connectivity index (χ4v) is 6.91. The largest absolute Gasteiger partial charge is 0.456 e. The minimum Gasteiger partial charge on any atom is -0.456 e. The Bertz CT molecular complexity index is 1530. The first kappa shape index (κ1) is 30.4. The Morgan fingerprint density at radius 2 is 1.86 bits per heavy atom. The van der Waals surface area contributed by atoms with E-state index in [-0.39, 0.29) is 16.9 Å². The van der Waals surface area contributed by atoms with Gasteiger partial charge < -0.3 is 23.7 Å². The predicted octanol–water partition coefficient (Wildman–Crippen LogP) is 7.51. The maximum absolute atomic E-state index is 13.8. The molecule has 1 N–H and O–H groups in total. The summed E-state index contributed by atoms with van der Waals surface area (Å²) in [5.74, 6) is -0.399. The summed E-state index contributed by atoms with van der Waals surface area (Å²) in [6, 6.07) is 22.3. The summed E-state index contributed by atoms with van der Waals surface area (Å²) in [4.78, 5) is 25.3. The van der Waals surface area contributed by atoms with Gasteiger partial charge in [0.05, 0.1) is 25.4 Å². The molecule has 6 nitrogen and oxygen atoms in total. The molecule has 1 fully saturated rings. The Balaban J connectivity index is 1.61. The average Bonchev–Trinajstić information content (AvgIpc) is 3.36. The number of benzene rings is 3. The number of carbonyl (C=O) groups excluding carboxylic acids is 2. The number of rotatable bonds is 11. The second-order valence-corrected chi connectivity index (χ2v) is 17.7. The molecule has 0 saturated carbocycles. The molecule has 1 aliphatic rings. The van der Waals surface area contributed by atoms with Gasteiger partial charge in [-0.05, 0) is 59.4 Å². The highest BCUT2D eigenvalue weighted by molar-refractivity contribution is 6.74. The minimum atomic E-state index is -2.11. The summed E-state index contributed by atoms with van der Waals surface area (Å²) < 4.78 is 19.0. The van der Waals surface area contributed by atoms with Crippen LogP contribution in [0.2, 0.25) is 18.1 Å². The summed E-state index contributed by atoms with van der Waals surface area (Å²) in [5, 5.41) is 5.26. The molecule has 0 spiro atoms. The molecule has 7 heteroatoms. The van der Waals surface area contributed by atoms with Crippen LogP contribution < -0.4 is 5.32 Å². The lowest BCUT2D eigenvalue weighted by atomic mass is 9.84. The van der Waals surface area contributed by atoms with Gasteiger partial charge in [0.1, 0.15) is 17.5 Å². The van der Waals surface area contributed by atoms with Crippen LogP contribution in [-0.4, -0.2) is 46.2 Å². The van der Waals surface area contributed by atoms with Crippen LogP contribution in [-0.2, 0) is 25.2 Å². The van der Waals surface area contributed by atoms with E-state index in [0.717, 1.165) is 45.8 Å². The van der Waals surface area contributed by atoms with Gasteiger partial charge in [0.25, 0.3) is 0 Å². The number of fused-ring (bicyclic) bond motifs is 3. The molecular formula is C35H43NO5Si. The molecule has 0 aliphatic carbocycles. The summed E-state index contributed by atoms with van der Waals surface area (Å²) in [7, 11) is -2.11. The van der Waals surface area contributed by atoms with Crippen molar-refractivity contribution in [2.24, 2.45) is 0 Å². The van der Waals surface area contributed by atoms with Crippen LogP contribution in [0.15, 0.2) is 71.1 Å². The number of morpholine rings is 1. The lowest BCUT2D eigenvalue weighted by Crippen LogP contribution is -2.48. The third-order valence-electron chi connectivity index (χ3n) is 8.99. The SMILES string of the molecule is CC(C)(C)[Si](C)(C)OC(Cc1ccccc1)c1ccc2oc3cccc(C(CCC=O)C(=O)C4COCCN4)c3c2c1.